The van der Waals surface area contributed by atoms with Crippen LogP contribution < -0.4 is 4.90 Å². The molecule has 132 valence electrons. The number of amides is 1. The van der Waals surface area contributed by atoms with Crippen molar-refractivity contribution < 1.29 is 13.2 Å². The van der Waals surface area contributed by atoms with Gasteiger partial charge < -0.3 is 4.90 Å². The number of nitrogens with zero attached hydrogens (tertiary/aromatic N) is 2. The first-order valence-corrected chi connectivity index (χ1v) is 9.68. The van der Waals surface area contributed by atoms with E-state index in [-0.39, 0.29) is 23.9 Å². The standard InChI is InChI=1S/C19H22N2O3S/c1-14-7-9-17(10-8-14)25(23,24)20-11-12-21(19(22)13-20)18-6-4-5-15(2)16(18)3/h4-10H,11-13H2,1-3H3. The Morgan fingerprint density at radius 1 is 0.920 bits per heavy atom. The van der Waals surface area contributed by atoms with Crippen molar-refractivity contribution in [1.82, 2.24) is 4.31 Å². The molecule has 0 spiro atoms. The SMILES string of the molecule is Cc1ccc(S(=O)(=O)N2CCN(c3cccc(C)c3C)C(=O)C2)cc1. The number of hydrogen-bond donors (Lipinski definition) is 0. The van der Waals surface area contributed by atoms with Gasteiger partial charge >= 0.3 is 0 Å². The Morgan fingerprint density at radius 2 is 1.60 bits per heavy atom. The van der Waals surface area contributed by atoms with Crippen LogP contribution in [-0.4, -0.2) is 38.3 Å². The second kappa shape index (κ2) is 6.61. The summed E-state index contributed by atoms with van der Waals surface area (Å²) >= 11 is 0. The highest BCUT2D eigenvalue weighted by Gasteiger charge is 2.33. The molecule has 25 heavy (non-hydrogen) atoms. The van der Waals surface area contributed by atoms with Crippen LogP contribution in [0.15, 0.2) is 47.4 Å². The Kier molecular flexibility index (Phi) is 4.67. The van der Waals surface area contributed by atoms with Crippen molar-refractivity contribution >= 4 is 21.6 Å². The van der Waals surface area contributed by atoms with Crippen LogP contribution in [-0.2, 0) is 14.8 Å². The Hall–Kier alpha value is -2.18. The number of carbonyl (C=O) groups is 1. The number of sulfonamides is 1. The van der Waals surface area contributed by atoms with E-state index in [9.17, 15) is 13.2 Å². The molecule has 0 N–H and O–H groups in total. The van der Waals surface area contributed by atoms with Crippen LogP contribution in [0.25, 0.3) is 0 Å². The van der Waals surface area contributed by atoms with Crippen LogP contribution in [0.1, 0.15) is 16.7 Å². The fourth-order valence-electron chi connectivity index (χ4n) is 3.00. The van der Waals surface area contributed by atoms with Gasteiger partial charge in [-0.3, -0.25) is 4.79 Å². The van der Waals surface area contributed by atoms with Crippen LogP contribution in [0.4, 0.5) is 5.69 Å². The van der Waals surface area contributed by atoms with Crippen LogP contribution in [0, 0.1) is 20.8 Å². The predicted octanol–water partition coefficient (Wildman–Crippen LogP) is 2.65. The Morgan fingerprint density at radius 3 is 2.24 bits per heavy atom. The first kappa shape index (κ1) is 17.6. The van der Waals surface area contributed by atoms with Crippen molar-refractivity contribution in [1.29, 1.82) is 0 Å². The van der Waals surface area contributed by atoms with Crippen molar-refractivity contribution in [2.24, 2.45) is 0 Å². The Balaban J connectivity index is 1.83. The molecule has 1 amide bonds. The van der Waals surface area contributed by atoms with E-state index in [0.29, 0.717) is 6.54 Å². The molecule has 3 rings (SSSR count). The van der Waals surface area contributed by atoms with Crippen molar-refractivity contribution in [2.75, 3.05) is 24.5 Å². The average molecular weight is 358 g/mol. The van der Waals surface area contributed by atoms with E-state index >= 15 is 0 Å². The van der Waals surface area contributed by atoms with Gasteiger partial charge in [-0.2, -0.15) is 4.31 Å². The van der Waals surface area contributed by atoms with Crippen LogP contribution in [0.3, 0.4) is 0 Å². The van der Waals surface area contributed by atoms with E-state index in [4.69, 9.17) is 0 Å². The second-order valence-corrected chi connectivity index (χ2v) is 8.35. The van der Waals surface area contributed by atoms with Gasteiger partial charge in [-0.15, -0.1) is 0 Å². The normalized spacial score (nSPS) is 16.3. The van der Waals surface area contributed by atoms with Crippen LogP contribution in [0.5, 0.6) is 0 Å². The van der Waals surface area contributed by atoms with Gasteiger partial charge in [-0.1, -0.05) is 29.8 Å². The topological polar surface area (TPSA) is 57.7 Å². The van der Waals surface area contributed by atoms with Gasteiger partial charge in [0, 0.05) is 18.8 Å². The molecule has 2 aromatic carbocycles. The van der Waals surface area contributed by atoms with Crippen molar-refractivity contribution in [3.8, 4) is 0 Å². The molecule has 0 atom stereocenters. The first-order chi connectivity index (χ1) is 11.8. The van der Waals surface area contributed by atoms with E-state index in [2.05, 4.69) is 0 Å². The molecular formula is C19H22N2O3S. The molecule has 0 bridgehead atoms. The van der Waals surface area contributed by atoms with Gasteiger partial charge in [0.25, 0.3) is 0 Å². The summed E-state index contributed by atoms with van der Waals surface area (Å²) in [5.74, 6) is -0.198. The highest BCUT2D eigenvalue weighted by molar-refractivity contribution is 7.89. The molecule has 2 aromatic rings. The van der Waals surface area contributed by atoms with Gasteiger partial charge in [-0.25, -0.2) is 8.42 Å². The molecule has 1 aliphatic heterocycles. The third-order valence-corrected chi connectivity index (χ3v) is 6.57. The molecule has 5 nitrogen and oxygen atoms in total. The third-order valence-electron chi connectivity index (χ3n) is 4.71. The number of aryl methyl sites for hydroxylation is 2. The summed E-state index contributed by atoms with van der Waals surface area (Å²) in [6.07, 6.45) is 0. The minimum atomic E-state index is -3.65. The minimum absolute atomic E-state index is 0.135. The van der Waals surface area contributed by atoms with E-state index < -0.39 is 10.0 Å². The lowest BCUT2D eigenvalue weighted by Crippen LogP contribution is -2.52. The van der Waals surface area contributed by atoms with E-state index in [1.807, 2.05) is 39.0 Å². The summed E-state index contributed by atoms with van der Waals surface area (Å²) in [4.78, 5) is 14.5. The van der Waals surface area contributed by atoms with E-state index in [0.717, 1.165) is 22.4 Å². The summed E-state index contributed by atoms with van der Waals surface area (Å²) in [6, 6.07) is 12.5. The smallest absolute Gasteiger partial charge is 0.243 e. The van der Waals surface area contributed by atoms with Gasteiger partial charge in [0.05, 0.1) is 11.4 Å². The van der Waals surface area contributed by atoms with E-state index in [1.165, 1.54) is 4.31 Å². The molecule has 1 fully saturated rings. The Labute approximate surface area is 148 Å². The highest BCUT2D eigenvalue weighted by Crippen LogP contribution is 2.26. The van der Waals surface area contributed by atoms with Crippen molar-refractivity contribution in [2.45, 2.75) is 25.7 Å². The fraction of sp³-hybridized carbons (Fsp3) is 0.316. The molecular weight excluding hydrogens is 336 g/mol. The lowest BCUT2D eigenvalue weighted by molar-refractivity contribution is -0.119. The molecule has 6 heteroatoms. The largest absolute Gasteiger partial charge is 0.310 e. The van der Waals surface area contributed by atoms with Gasteiger partial charge in [0.15, 0.2) is 0 Å². The number of carbonyl (C=O) groups excluding carboxylic acids is 1. The Bertz CT molecular complexity index is 905. The zero-order valence-corrected chi connectivity index (χ0v) is 15.5. The molecule has 0 unspecified atom stereocenters. The first-order valence-electron chi connectivity index (χ1n) is 8.24. The van der Waals surface area contributed by atoms with Crippen molar-refractivity contribution in [3.63, 3.8) is 0 Å². The summed E-state index contributed by atoms with van der Waals surface area (Å²) in [5.41, 5.74) is 4.01. The maximum Gasteiger partial charge on any atom is 0.243 e. The number of hydrogen-bond acceptors (Lipinski definition) is 3. The average Bonchev–Trinajstić information content (AvgIpc) is 2.58. The number of rotatable bonds is 3. The molecule has 0 saturated carbocycles. The molecule has 1 aliphatic rings. The lowest BCUT2D eigenvalue weighted by atomic mass is 10.1. The fourth-order valence-corrected chi connectivity index (χ4v) is 4.38. The maximum atomic E-state index is 12.8. The third kappa shape index (κ3) is 3.32. The van der Waals surface area contributed by atoms with Gasteiger partial charge in [0.2, 0.25) is 15.9 Å². The lowest BCUT2D eigenvalue weighted by Gasteiger charge is -2.34. The van der Waals surface area contributed by atoms with Gasteiger partial charge in [0.1, 0.15) is 0 Å². The maximum absolute atomic E-state index is 12.8. The number of piperazine rings is 1. The van der Waals surface area contributed by atoms with Crippen molar-refractivity contribution in [3.05, 3.63) is 59.2 Å². The summed E-state index contributed by atoms with van der Waals surface area (Å²) in [7, 11) is -3.65. The summed E-state index contributed by atoms with van der Waals surface area (Å²) in [6.45, 7) is 6.39. The molecule has 0 aliphatic carbocycles. The monoisotopic (exact) mass is 358 g/mol. The summed E-state index contributed by atoms with van der Waals surface area (Å²) < 4.78 is 26.8. The van der Waals surface area contributed by atoms with Gasteiger partial charge in [-0.05, 0) is 50.1 Å². The number of anilines is 1. The highest BCUT2D eigenvalue weighted by atomic mass is 32.2. The van der Waals surface area contributed by atoms with Crippen LogP contribution >= 0.6 is 0 Å². The molecule has 0 aromatic heterocycles. The second-order valence-electron chi connectivity index (χ2n) is 6.42. The predicted molar refractivity (Wildman–Crippen MR) is 98.2 cm³/mol. The minimum Gasteiger partial charge on any atom is -0.310 e. The molecule has 1 heterocycles. The van der Waals surface area contributed by atoms with E-state index in [1.54, 1.807) is 29.2 Å². The van der Waals surface area contributed by atoms with Crippen LogP contribution in [0.2, 0.25) is 0 Å². The zero-order chi connectivity index (χ0) is 18.2. The molecule has 0 radical (unpaired) electrons. The zero-order valence-electron chi connectivity index (χ0n) is 14.7. The number of benzene rings is 2. The quantitative estimate of drug-likeness (QED) is 0.847. The molecule has 1 saturated heterocycles. The summed E-state index contributed by atoms with van der Waals surface area (Å²) in [5, 5.41) is 0.